The van der Waals surface area contributed by atoms with Gasteiger partial charge in [-0.3, -0.25) is 9.59 Å². The summed E-state index contributed by atoms with van der Waals surface area (Å²) in [5.41, 5.74) is 0. The van der Waals surface area contributed by atoms with Crippen molar-refractivity contribution >= 4 is 11.9 Å². The van der Waals surface area contributed by atoms with Crippen LogP contribution in [-0.4, -0.2) is 37.6 Å². The first-order valence-electron chi connectivity index (χ1n) is 13.8. The maximum Gasteiger partial charge on any atom is 0.308 e. The van der Waals surface area contributed by atoms with E-state index in [4.69, 9.17) is 4.74 Å². The third-order valence-electron chi connectivity index (χ3n) is 9.66. The van der Waals surface area contributed by atoms with E-state index in [1.165, 1.54) is 57.9 Å². The fourth-order valence-corrected chi connectivity index (χ4v) is 7.46. The van der Waals surface area contributed by atoms with Gasteiger partial charge in [-0.15, -0.1) is 0 Å². The Labute approximate surface area is 194 Å². The molecule has 5 rings (SSSR count). The van der Waals surface area contributed by atoms with Crippen LogP contribution in [0.2, 0.25) is 0 Å². The number of carbonyl (C=O) groups is 2. The highest BCUT2D eigenvalue weighted by Crippen LogP contribution is 2.50. The van der Waals surface area contributed by atoms with E-state index in [9.17, 15) is 9.59 Å². The molecule has 0 aromatic heterocycles. The van der Waals surface area contributed by atoms with Gasteiger partial charge in [0.1, 0.15) is 0 Å². The molecule has 0 aromatic rings. The summed E-state index contributed by atoms with van der Waals surface area (Å²) >= 11 is 0. The first kappa shape index (κ1) is 22.7. The second kappa shape index (κ2) is 10.4. The minimum Gasteiger partial charge on any atom is -0.465 e. The van der Waals surface area contributed by atoms with Crippen LogP contribution in [0, 0.1) is 41.4 Å². The molecule has 0 bridgehead atoms. The van der Waals surface area contributed by atoms with Crippen molar-refractivity contribution in [1.29, 1.82) is 0 Å². The van der Waals surface area contributed by atoms with Crippen LogP contribution in [0.4, 0.5) is 0 Å². The molecule has 5 atom stereocenters. The molecule has 32 heavy (non-hydrogen) atoms. The topological polar surface area (TPSA) is 67.4 Å². The number of fused-ring (bicyclic) bond motifs is 1. The largest absolute Gasteiger partial charge is 0.465 e. The molecule has 5 fully saturated rings. The summed E-state index contributed by atoms with van der Waals surface area (Å²) in [4.78, 5) is 25.4. The molecule has 5 heteroatoms. The van der Waals surface area contributed by atoms with E-state index in [1.54, 1.807) is 0 Å². The van der Waals surface area contributed by atoms with E-state index >= 15 is 0 Å². The van der Waals surface area contributed by atoms with Gasteiger partial charge in [-0.1, -0.05) is 19.3 Å². The van der Waals surface area contributed by atoms with Crippen molar-refractivity contribution in [3.05, 3.63) is 0 Å². The predicted molar refractivity (Wildman–Crippen MR) is 125 cm³/mol. The molecule has 2 N–H and O–H groups in total. The number of nitrogens with one attached hydrogen (secondary N) is 2. The highest BCUT2D eigenvalue weighted by atomic mass is 16.5. The molecule has 5 aliphatic rings. The van der Waals surface area contributed by atoms with Crippen molar-refractivity contribution in [2.75, 3.05) is 19.7 Å². The number of ether oxygens (including phenoxy) is 1. The predicted octanol–water partition coefficient (Wildman–Crippen LogP) is 4.45. The van der Waals surface area contributed by atoms with Crippen molar-refractivity contribution in [3.8, 4) is 0 Å². The minimum atomic E-state index is 0.0487. The van der Waals surface area contributed by atoms with Crippen LogP contribution in [0.25, 0.3) is 0 Å². The summed E-state index contributed by atoms with van der Waals surface area (Å²) in [5.74, 6) is 4.13. The summed E-state index contributed by atoms with van der Waals surface area (Å²) in [7, 11) is 0. The molecule has 0 aromatic carbocycles. The van der Waals surface area contributed by atoms with Gasteiger partial charge >= 0.3 is 5.97 Å². The molecule has 1 aliphatic heterocycles. The minimum absolute atomic E-state index is 0.0487. The van der Waals surface area contributed by atoms with E-state index in [0.29, 0.717) is 36.3 Å². The first-order valence-corrected chi connectivity index (χ1v) is 13.8. The lowest BCUT2D eigenvalue weighted by Crippen LogP contribution is -2.46. The number of rotatable bonds is 6. The molecule has 4 saturated carbocycles. The van der Waals surface area contributed by atoms with E-state index in [-0.39, 0.29) is 17.8 Å². The van der Waals surface area contributed by atoms with Crippen LogP contribution < -0.4 is 10.6 Å². The Balaban J connectivity index is 0.998. The van der Waals surface area contributed by atoms with Gasteiger partial charge in [0.2, 0.25) is 5.91 Å². The van der Waals surface area contributed by atoms with Gasteiger partial charge in [0.05, 0.1) is 12.5 Å². The standard InChI is InChI=1S/C27H44N2O3/c30-26(29-23-11-10-22-16-28-13-12-21(22)14-23)25-15-24(25)19-6-8-20(9-7-19)27(31)32-17-18-4-2-1-3-5-18/h18-25,28H,1-17H2,(H,29,30)/t19?,20?,21?,22?,23?,24-,25+/m0/s1. The van der Waals surface area contributed by atoms with Crippen LogP contribution >= 0.6 is 0 Å². The monoisotopic (exact) mass is 444 g/mol. The lowest BCUT2D eigenvalue weighted by atomic mass is 9.73. The molecule has 0 spiro atoms. The van der Waals surface area contributed by atoms with E-state index in [1.807, 2.05) is 0 Å². The molecule has 4 aliphatic carbocycles. The summed E-state index contributed by atoms with van der Waals surface area (Å²) < 4.78 is 5.71. The number of amides is 1. The Bertz CT molecular complexity index is 653. The Morgan fingerprint density at radius 3 is 2.41 bits per heavy atom. The van der Waals surface area contributed by atoms with E-state index in [0.717, 1.165) is 56.9 Å². The van der Waals surface area contributed by atoms with E-state index in [2.05, 4.69) is 10.6 Å². The average Bonchev–Trinajstić information content (AvgIpc) is 3.64. The second-order valence-electron chi connectivity index (χ2n) is 11.8. The summed E-state index contributed by atoms with van der Waals surface area (Å²) in [6, 6.07) is 0.401. The van der Waals surface area contributed by atoms with Crippen LogP contribution in [0.15, 0.2) is 0 Å². The van der Waals surface area contributed by atoms with Crippen LogP contribution in [0.1, 0.15) is 89.9 Å². The van der Waals surface area contributed by atoms with Crippen LogP contribution in [0.5, 0.6) is 0 Å². The summed E-state index contributed by atoms with van der Waals surface area (Å²) in [6.07, 6.45) is 16.4. The molecular formula is C27H44N2O3. The third kappa shape index (κ3) is 5.51. The van der Waals surface area contributed by atoms with Crippen molar-refractivity contribution in [2.24, 2.45) is 41.4 Å². The molecule has 1 amide bonds. The second-order valence-corrected chi connectivity index (χ2v) is 11.8. The number of hydrogen-bond acceptors (Lipinski definition) is 4. The summed E-state index contributed by atoms with van der Waals surface area (Å²) in [6.45, 7) is 2.96. The average molecular weight is 445 g/mol. The molecule has 5 nitrogen and oxygen atoms in total. The SMILES string of the molecule is O=C(OCC1CCCCC1)C1CCC([C@@H]2C[C@H]2C(=O)NC2CCC3CNCCC3C2)CC1. The number of carbonyl (C=O) groups excluding carboxylic acids is 2. The van der Waals surface area contributed by atoms with Crippen LogP contribution in [-0.2, 0) is 14.3 Å². The van der Waals surface area contributed by atoms with Crippen molar-refractivity contribution in [2.45, 2.75) is 95.9 Å². The number of esters is 1. The molecule has 180 valence electrons. The van der Waals surface area contributed by atoms with Crippen LogP contribution in [0.3, 0.4) is 0 Å². The highest BCUT2D eigenvalue weighted by molar-refractivity contribution is 5.82. The van der Waals surface area contributed by atoms with Gasteiger partial charge in [-0.05, 0) is 113 Å². The Kier molecular flexibility index (Phi) is 7.40. The number of piperidine rings is 1. The molecule has 3 unspecified atom stereocenters. The van der Waals surface area contributed by atoms with Gasteiger partial charge in [0.25, 0.3) is 0 Å². The Morgan fingerprint density at radius 1 is 0.812 bits per heavy atom. The first-order chi connectivity index (χ1) is 15.7. The number of hydrogen-bond donors (Lipinski definition) is 2. The van der Waals surface area contributed by atoms with Crippen molar-refractivity contribution < 1.29 is 14.3 Å². The van der Waals surface area contributed by atoms with Crippen molar-refractivity contribution in [3.63, 3.8) is 0 Å². The molecular weight excluding hydrogens is 400 g/mol. The third-order valence-corrected chi connectivity index (χ3v) is 9.66. The zero-order chi connectivity index (χ0) is 21.9. The highest BCUT2D eigenvalue weighted by Gasteiger charge is 2.49. The Morgan fingerprint density at radius 2 is 1.59 bits per heavy atom. The van der Waals surface area contributed by atoms with Gasteiger partial charge in [0, 0.05) is 12.0 Å². The zero-order valence-electron chi connectivity index (χ0n) is 19.9. The van der Waals surface area contributed by atoms with Gasteiger partial charge in [-0.25, -0.2) is 0 Å². The molecule has 1 heterocycles. The quantitative estimate of drug-likeness (QED) is 0.594. The Hall–Kier alpha value is -1.10. The summed E-state index contributed by atoms with van der Waals surface area (Å²) in [5, 5.41) is 6.95. The zero-order valence-corrected chi connectivity index (χ0v) is 19.9. The molecule has 1 saturated heterocycles. The maximum absolute atomic E-state index is 12.9. The van der Waals surface area contributed by atoms with Gasteiger partial charge < -0.3 is 15.4 Å². The maximum atomic E-state index is 12.9. The fraction of sp³-hybridized carbons (Fsp3) is 0.926. The van der Waals surface area contributed by atoms with Gasteiger partial charge in [0.15, 0.2) is 0 Å². The lowest BCUT2D eigenvalue weighted by Gasteiger charge is -2.39. The normalized spacial score (nSPS) is 40.2. The fourth-order valence-electron chi connectivity index (χ4n) is 7.46. The van der Waals surface area contributed by atoms with E-state index < -0.39 is 0 Å². The van der Waals surface area contributed by atoms with Gasteiger partial charge in [-0.2, -0.15) is 0 Å². The lowest BCUT2D eigenvalue weighted by molar-refractivity contribution is -0.151. The molecule has 0 radical (unpaired) electrons. The van der Waals surface area contributed by atoms with Crippen molar-refractivity contribution in [1.82, 2.24) is 10.6 Å². The smallest absolute Gasteiger partial charge is 0.308 e.